The standard InChI is InChI=1S/C10H8F3NO5S/c1-4-7-5-2-3-6(18-5)8(7)9(15)14(4)19-20(16,17)10(11,12)13/h2-3,5-8H,1H2. The highest BCUT2D eigenvalue weighted by Crippen LogP contribution is 2.49. The Labute approximate surface area is 111 Å². The van der Waals surface area contributed by atoms with Crippen LogP contribution in [0.25, 0.3) is 0 Å². The first kappa shape index (κ1) is 13.6. The van der Waals surface area contributed by atoms with Gasteiger partial charge in [-0.15, -0.1) is 4.28 Å². The van der Waals surface area contributed by atoms with Gasteiger partial charge in [0.15, 0.2) is 0 Å². The minimum atomic E-state index is -5.91. The largest absolute Gasteiger partial charge is 0.525 e. The number of nitrogens with zero attached hydrogens (tertiary/aromatic N) is 1. The van der Waals surface area contributed by atoms with E-state index in [0.29, 0.717) is 0 Å². The zero-order valence-electron chi connectivity index (χ0n) is 9.70. The molecule has 6 nitrogen and oxygen atoms in total. The highest BCUT2D eigenvalue weighted by Gasteiger charge is 2.60. The third-order valence-electron chi connectivity index (χ3n) is 3.49. The van der Waals surface area contributed by atoms with Crippen LogP contribution in [0.2, 0.25) is 0 Å². The van der Waals surface area contributed by atoms with Crippen molar-refractivity contribution in [1.29, 1.82) is 0 Å². The first-order valence-corrected chi connectivity index (χ1v) is 6.92. The summed E-state index contributed by atoms with van der Waals surface area (Å²) in [6, 6.07) is 0. The second kappa shape index (κ2) is 3.83. The van der Waals surface area contributed by atoms with E-state index in [0.717, 1.165) is 0 Å². The smallest absolute Gasteiger partial charge is 0.365 e. The monoisotopic (exact) mass is 311 g/mol. The summed E-state index contributed by atoms with van der Waals surface area (Å²) >= 11 is 0. The Morgan fingerprint density at radius 1 is 1.25 bits per heavy atom. The minimum Gasteiger partial charge on any atom is -0.365 e. The van der Waals surface area contributed by atoms with Crippen molar-refractivity contribution in [2.24, 2.45) is 11.8 Å². The second-order valence-electron chi connectivity index (χ2n) is 4.60. The molecule has 20 heavy (non-hydrogen) atoms. The molecule has 4 atom stereocenters. The van der Waals surface area contributed by atoms with Gasteiger partial charge < -0.3 is 4.74 Å². The molecule has 0 saturated carbocycles. The molecule has 2 fully saturated rings. The highest BCUT2D eigenvalue weighted by molar-refractivity contribution is 7.87. The lowest BCUT2D eigenvalue weighted by Crippen LogP contribution is -2.37. The predicted molar refractivity (Wildman–Crippen MR) is 56.8 cm³/mol. The first-order chi connectivity index (χ1) is 9.13. The van der Waals surface area contributed by atoms with Crippen molar-refractivity contribution in [1.82, 2.24) is 5.06 Å². The Kier molecular flexibility index (Phi) is 2.60. The number of alkyl halides is 3. The molecule has 0 aromatic rings. The summed E-state index contributed by atoms with van der Waals surface area (Å²) in [6.45, 7) is 3.45. The van der Waals surface area contributed by atoms with Gasteiger partial charge in [0.2, 0.25) is 0 Å². The maximum absolute atomic E-state index is 12.3. The van der Waals surface area contributed by atoms with Crippen LogP contribution in [0.3, 0.4) is 0 Å². The maximum Gasteiger partial charge on any atom is 0.525 e. The zero-order chi connectivity index (χ0) is 14.9. The Hall–Kier alpha value is -1.39. The van der Waals surface area contributed by atoms with E-state index in [9.17, 15) is 26.4 Å². The van der Waals surface area contributed by atoms with Gasteiger partial charge in [-0.1, -0.05) is 18.7 Å². The summed E-state index contributed by atoms with van der Waals surface area (Å²) < 4.78 is 68.1. The molecule has 0 radical (unpaired) electrons. The first-order valence-electron chi connectivity index (χ1n) is 5.51. The fourth-order valence-electron chi connectivity index (χ4n) is 2.64. The normalized spacial score (nSPS) is 36.0. The molecule has 0 aliphatic carbocycles. The van der Waals surface area contributed by atoms with Crippen molar-refractivity contribution in [3.63, 3.8) is 0 Å². The fraction of sp³-hybridized carbons (Fsp3) is 0.500. The summed E-state index contributed by atoms with van der Waals surface area (Å²) in [6.07, 6.45) is 2.19. The molecule has 0 N–H and O–H groups in total. The van der Waals surface area contributed by atoms with E-state index in [1.807, 2.05) is 0 Å². The number of rotatable bonds is 2. The molecule has 3 heterocycles. The van der Waals surface area contributed by atoms with Crippen LogP contribution in [0.4, 0.5) is 13.2 Å². The number of carbonyl (C=O) groups is 1. The number of amides is 1. The SMILES string of the molecule is C=C1C2C3C=CC(O3)C2C(=O)N1OS(=O)(=O)C(F)(F)F. The van der Waals surface area contributed by atoms with Crippen molar-refractivity contribution < 1.29 is 35.4 Å². The molecular weight excluding hydrogens is 303 g/mol. The maximum atomic E-state index is 12.3. The van der Waals surface area contributed by atoms with E-state index in [1.165, 1.54) is 0 Å². The van der Waals surface area contributed by atoms with Crippen molar-refractivity contribution in [3.8, 4) is 0 Å². The van der Waals surface area contributed by atoms with E-state index < -0.39 is 45.6 Å². The molecule has 0 aromatic carbocycles. The van der Waals surface area contributed by atoms with E-state index in [4.69, 9.17) is 4.74 Å². The quantitative estimate of drug-likeness (QED) is 0.554. The third kappa shape index (κ3) is 1.64. The van der Waals surface area contributed by atoms with Crippen LogP contribution in [0.5, 0.6) is 0 Å². The van der Waals surface area contributed by atoms with E-state index >= 15 is 0 Å². The predicted octanol–water partition coefficient (Wildman–Crippen LogP) is 0.693. The van der Waals surface area contributed by atoms with Crippen molar-refractivity contribution >= 4 is 16.0 Å². The molecule has 10 heteroatoms. The van der Waals surface area contributed by atoms with Crippen molar-refractivity contribution in [2.45, 2.75) is 17.7 Å². The van der Waals surface area contributed by atoms with Gasteiger partial charge in [0, 0.05) is 5.92 Å². The van der Waals surface area contributed by atoms with Crippen molar-refractivity contribution in [3.05, 3.63) is 24.4 Å². The van der Waals surface area contributed by atoms with Crippen LogP contribution in [-0.4, -0.2) is 37.1 Å². The van der Waals surface area contributed by atoms with E-state index in [1.54, 1.807) is 12.2 Å². The van der Waals surface area contributed by atoms with Gasteiger partial charge >= 0.3 is 15.6 Å². The molecule has 1 amide bonds. The molecule has 110 valence electrons. The summed E-state index contributed by atoms with van der Waals surface area (Å²) in [5.74, 6) is -2.29. The Morgan fingerprint density at radius 3 is 2.30 bits per heavy atom. The third-order valence-corrected chi connectivity index (χ3v) is 4.40. The van der Waals surface area contributed by atoms with Crippen LogP contribution in [0.1, 0.15) is 0 Å². The number of fused-ring (bicyclic) bond motifs is 5. The number of hydrogen-bond acceptors (Lipinski definition) is 5. The topological polar surface area (TPSA) is 72.9 Å². The lowest BCUT2D eigenvalue weighted by atomic mass is 9.84. The molecule has 3 aliphatic heterocycles. The lowest BCUT2D eigenvalue weighted by molar-refractivity contribution is -0.153. The molecule has 2 saturated heterocycles. The highest BCUT2D eigenvalue weighted by atomic mass is 32.2. The molecule has 3 aliphatic rings. The van der Waals surface area contributed by atoms with Gasteiger partial charge in [-0.05, 0) is 0 Å². The van der Waals surface area contributed by atoms with Crippen LogP contribution in [0.15, 0.2) is 24.4 Å². The van der Waals surface area contributed by atoms with Gasteiger partial charge in [-0.25, -0.2) is 0 Å². The van der Waals surface area contributed by atoms with Gasteiger partial charge in [0.1, 0.15) is 0 Å². The van der Waals surface area contributed by atoms with E-state index in [-0.39, 0.29) is 10.8 Å². The molecular formula is C10H8F3NO5S. The fourth-order valence-corrected chi connectivity index (χ4v) is 3.09. The molecule has 0 aromatic heterocycles. The molecule has 0 spiro atoms. The van der Waals surface area contributed by atoms with Crippen LogP contribution >= 0.6 is 0 Å². The van der Waals surface area contributed by atoms with Gasteiger partial charge in [0.25, 0.3) is 5.91 Å². The van der Waals surface area contributed by atoms with Crippen LogP contribution in [0, 0.1) is 11.8 Å². The lowest BCUT2D eigenvalue weighted by Gasteiger charge is -2.20. The number of halogens is 3. The Bertz CT molecular complexity index is 595. The average Bonchev–Trinajstić information content (AvgIpc) is 2.97. The Morgan fingerprint density at radius 2 is 1.80 bits per heavy atom. The summed E-state index contributed by atoms with van der Waals surface area (Å²) in [5, 5.41) is 0.119. The van der Waals surface area contributed by atoms with Gasteiger partial charge in [-0.3, -0.25) is 4.79 Å². The summed E-state index contributed by atoms with van der Waals surface area (Å²) in [5.41, 5.74) is -5.76. The van der Waals surface area contributed by atoms with Gasteiger partial charge in [-0.2, -0.15) is 26.7 Å². The number of carbonyl (C=O) groups excluding carboxylic acids is 1. The molecule has 2 bridgehead atoms. The van der Waals surface area contributed by atoms with Crippen molar-refractivity contribution in [2.75, 3.05) is 0 Å². The van der Waals surface area contributed by atoms with E-state index in [2.05, 4.69) is 10.9 Å². The molecule has 3 rings (SSSR count). The van der Waals surface area contributed by atoms with Crippen LogP contribution in [-0.2, 0) is 23.9 Å². The number of ether oxygens (including phenoxy) is 1. The second-order valence-corrected chi connectivity index (χ2v) is 6.12. The number of hydrogen-bond donors (Lipinski definition) is 0. The minimum absolute atomic E-state index is 0.119. The summed E-state index contributed by atoms with van der Waals surface area (Å²) in [7, 11) is -5.91. The Balaban J connectivity index is 1.88. The zero-order valence-corrected chi connectivity index (χ0v) is 10.5. The van der Waals surface area contributed by atoms with Gasteiger partial charge in [0.05, 0.1) is 23.8 Å². The molecule has 4 unspecified atom stereocenters. The average molecular weight is 311 g/mol. The number of hydroxylamine groups is 2. The summed E-state index contributed by atoms with van der Waals surface area (Å²) in [4.78, 5) is 12.0. The van der Waals surface area contributed by atoms with Crippen LogP contribution < -0.4 is 0 Å².